The molecule has 0 heterocycles. The molecule has 1 nitrogen and oxygen atoms in total. The van der Waals surface area contributed by atoms with Crippen molar-refractivity contribution in [2.75, 3.05) is 6.61 Å². The van der Waals surface area contributed by atoms with E-state index in [-0.39, 0.29) is 0 Å². The molecular weight excluding hydrogens is 244 g/mol. The van der Waals surface area contributed by atoms with Gasteiger partial charge in [0.05, 0.1) is 6.10 Å². The van der Waals surface area contributed by atoms with Crippen LogP contribution >= 0.6 is 0 Å². The van der Waals surface area contributed by atoms with Crippen LogP contribution in [0.1, 0.15) is 79.1 Å². The summed E-state index contributed by atoms with van der Waals surface area (Å²) < 4.78 is 6.16. The summed E-state index contributed by atoms with van der Waals surface area (Å²) in [4.78, 5) is 0. The molecule has 0 spiro atoms. The summed E-state index contributed by atoms with van der Waals surface area (Å²) in [5.74, 6) is 4.58. The van der Waals surface area contributed by atoms with E-state index in [1.165, 1.54) is 51.4 Å². The second-order valence-electron chi connectivity index (χ2n) is 7.74. The molecule has 4 unspecified atom stereocenters. The van der Waals surface area contributed by atoms with Crippen molar-refractivity contribution < 1.29 is 4.74 Å². The average molecular weight is 280 g/mol. The van der Waals surface area contributed by atoms with E-state index in [2.05, 4.69) is 27.7 Å². The topological polar surface area (TPSA) is 9.23 Å². The Hall–Kier alpha value is -0.0400. The van der Waals surface area contributed by atoms with Gasteiger partial charge in [-0.25, -0.2) is 0 Å². The van der Waals surface area contributed by atoms with E-state index < -0.39 is 0 Å². The Kier molecular flexibility index (Phi) is 6.39. The van der Waals surface area contributed by atoms with E-state index in [0.717, 1.165) is 36.2 Å². The Morgan fingerprint density at radius 1 is 0.850 bits per heavy atom. The lowest BCUT2D eigenvalue weighted by atomic mass is 9.63. The minimum atomic E-state index is 0.537. The Bertz CT molecular complexity index is 267. The highest BCUT2D eigenvalue weighted by Gasteiger charge is 2.38. The summed E-state index contributed by atoms with van der Waals surface area (Å²) in [6.45, 7) is 10.6. The van der Waals surface area contributed by atoms with Gasteiger partial charge < -0.3 is 4.74 Å². The van der Waals surface area contributed by atoms with E-state index in [9.17, 15) is 0 Å². The standard InChI is InChI=1S/C19H36O/c1-5-6-13-20-19-12-11-18(15(3)16(19)4)17-9-7-14(2)8-10-17/h14-19H,5-13H2,1-4H3. The number of hydrogen-bond donors (Lipinski definition) is 0. The van der Waals surface area contributed by atoms with Gasteiger partial charge >= 0.3 is 0 Å². The van der Waals surface area contributed by atoms with E-state index in [1.54, 1.807) is 0 Å². The fourth-order valence-electron chi connectivity index (χ4n) is 4.60. The fourth-order valence-corrected chi connectivity index (χ4v) is 4.60. The van der Waals surface area contributed by atoms with E-state index in [0.29, 0.717) is 6.10 Å². The highest BCUT2D eigenvalue weighted by molar-refractivity contribution is 4.88. The van der Waals surface area contributed by atoms with E-state index >= 15 is 0 Å². The molecule has 2 saturated carbocycles. The van der Waals surface area contributed by atoms with E-state index in [1.807, 2.05) is 0 Å². The SMILES string of the molecule is CCCCOC1CCC(C2CCC(C)CC2)C(C)C1C. The van der Waals surface area contributed by atoms with E-state index in [4.69, 9.17) is 4.74 Å². The maximum Gasteiger partial charge on any atom is 0.0603 e. The summed E-state index contributed by atoms with van der Waals surface area (Å²) >= 11 is 0. The van der Waals surface area contributed by atoms with Crippen LogP contribution < -0.4 is 0 Å². The van der Waals surface area contributed by atoms with Crippen molar-refractivity contribution in [3.05, 3.63) is 0 Å². The molecule has 0 aromatic carbocycles. The molecule has 0 saturated heterocycles. The van der Waals surface area contributed by atoms with Crippen molar-refractivity contribution >= 4 is 0 Å². The molecule has 2 rings (SSSR count). The van der Waals surface area contributed by atoms with Gasteiger partial charge in [0.15, 0.2) is 0 Å². The maximum atomic E-state index is 6.16. The van der Waals surface area contributed by atoms with Crippen LogP contribution in [0.25, 0.3) is 0 Å². The molecule has 1 heteroatoms. The first-order valence-corrected chi connectivity index (χ1v) is 9.25. The predicted octanol–water partition coefficient (Wildman–Crippen LogP) is 5.68. The zero-order valence-corrected chi connectivity index (χ0v) is 14.2. The molecule has 0 aromatic heterocycles. The van der Waals surface area contributed by atoms with Gasteiger partial charge in [-0.2, -0.15) is 0 Å². The van der Waals surface area contributed by atoms with Gasteiger partial charge in [0, 0.05) is 6.61 Å². The highest BCUT2D eigenvalue weighted by atomic mass is 16.5. The van der Waals surface area contributed by atoms with Crippen LogP contribution in [-0.2, 0) is 4.74 Å². The molecule has 0 aliphatic heterocycles. The molecule has 0 bridgehead atoms. The maximum absolute atomic E-state index is 6.16. The lowest BCUT2D eigenvalue weighted by molar-refractivity contribution is -0.0557. The van der Waals surface area contributed by atoms with Gasteiger partial charge in [-0.15, -0.1) is 0 Å². The van der Waals surface area contributed by atoms with Crippen LogP contribution in [0.15, 0.2) is 0 Å². The summed E-state index contributed by atoms with van der Waals surface area (Å²) in [7, 11) is 0. The summed E-state index contributed by atoms with van der Waals surface area (Å²) in [6.07, 6.45) is 11.7. The molecule has 0 aromatic rings. The molecule has 2 aliphatic carbocycles. The largest absolute Gasteiger partial charge is 0.378 e. The predicted molar refractivity (Wildman–Crippen MR) is 86.8 cm³/mol. The van der Waals surface area contributed by atoms with Crippen LogP contribution in [0, 0.1) is 29.6 Å². The Labute approximate surface area is 126 Å². The molecule has 0 amide bonds. The molecule has 2 fully saturated rings. The Morgan fingerprint density at radius 2 is 1.55 bits per heavy atom. The molecule has 20 heavy (non-hydrogen) atoms. The van der Waals surface area contributed by atoms with Crippen molar-refractivity contribution in [2.45, 2.75) is 85.2 Å². The van der Waals surface area contributed by atoms with Crippen LogP contribution in [0.3, 0.4) is 0 Å². The molecule has 2 aliphatic rings. The first kappa shape index (κ1) is 16.3. The quantitative estimate of drug-likeness (QED) is 0.589. The number of hydrogen-bond acceptors (Lipinski definition) is 1. The smallest absolute Gasteiger partial charge is 0.0603 e. The number of unbranched alkanes of at least 4 members (excludes halogenated alkanes) is 1. The van der Waals surface area contributed by atoms with Crippen LogP contribution in [0.2, 0.25) is 0 Å². The number of ether oxygens (including phenoxy) is 1. The first-order chi connectivity index (χ1) is 9.63. The van der Waals surface area contributed by atoms with Crippen LogP contribution in [0.5, 0.6) is 0 Å². The van der Waals surface area contributed by atoms with Crippen LogP contribution in [0.4, 0.5) is 0 Å². The molecular formula is C19H36O. The summed E-state index contributed by atoms with van der Waals surface area (Å²) in [5, 5.41) is 0. The van der Waals surface area contributed by atoms with Crippen molar-refractivity contribution in [3.8, 4) is 0 Å². The third-order valence-corrected chi connectivity index (χ3v) is 6.37. The molecule has 0 radical (unpaired) electrons. The third-order valence-electron chi connectivity index (χ3n) is 6.37. The lowest BCUT2D eigenvalue weighted by Crippen LogP contribution is -2.40. The molecule has 4 atom stereocenters. The fraction of sp³-hybridized carbons (Fsp3) is 1.00. The second kappa shape index (κ2) is 7.82. The minimum absolute atomic E-state index is 0.537. The second-order valence-corrected chi connectivity index (χ2v) is 7.74. The molecule has 118 valence electrons. The first-order valence-electron chi connectivity index (χ1n) is 9.25. The van der Waals surface area contributed by atoms with Gasteiger partial charge in [0.25, 0.3) is 0 Å². The third kappa shape index (κ3) is 4.00. The monoisotopic (exact) mass is 280 g/mol. The normalized spacial score (nSPS) is 42.6. The Balaban J connectivity index is 1.83. The Morgan fingerprint density at radius 3 is 2.20 bits per heavy atom. The van der Waals surface area contributed by atoms with Crippen molar-refractivity contribution in [3.63, 3.8) is 0 Å². The number of rotatable bonds is 5. The van der Waals surface area contributed by atoms with Crippen molar-refractivity contribution in [1.82, 2.24) is 0 Å². The van der Waals surface area contributed by atoms with Crippen molar-refractivity contribution in [1.29, 1.82) is 0 Å². The van der Waals surface area contributed by atoms with Gasteiger partial charge in [0.1, 0.15) is 0 Å². The van der Waals surface area contributed by atoms with Gasteiger partial charge in [-0.05, 0) is 61.7 Å². The van der Waals surface area contributed by atoms with Crippen LogP contribution in [-0.4, -0.2) is 12.7 Å². The van der Waals surface area contributed by atoms with Gasteiger partial charge in [-0.1, -0.05) is 47.0 Å². The molecule has 0 N–H and O–H groups in total. The summed E-state index contributed by atoms with van der Waals surface area (Å²) in [5.41, 5.74) is 0. The van der Waals surface area contributed by atoms with Crippen molar-refractivity contribution in [2.24, 2.45) is 29.6 Å². The average Bonchev–Trinajstić information content (AvgIpc) is 2.45. The highest BCUT2D eigenvalue weighted by Crippen LogP contribution is 2.45. The van der Waals surface area contributed by atoms with Gasteiger partial charge in [0.2, 0.25) is 0 Å². The van der Waals surface area contributed by atoms with Gasteiger partial charge in [-0.3, -0.25) is 0 Å². The lowest BCUT2D eigenvalue weighted by Gasteiger charge is -2.45. The summed E-state index contributed by atoms with van der Waals surface area (Å²) in [6, 6.07) is 0. The minimum Gasteiger partial charge on any atom is -0.378 e. The zero-order chi connectivity index (χ0) is 14.5. The zero-order valence-electron chi connectivity index (χ0n) is 14.2.